The van der Waals surface area contributed by atoms with E-state index in [4.69, 9.17) is 16.9 Å². The average Bonchev–Trinajstić information content (AvgIpc) is 2.98. The fourth-order valence-corrected chi connectivity index (χ4v) is 1.53. The summed E-state index contributed by atoms with van der Waals surface area (Å²) in [6.07, 6.45) is 8.13. The second kappa shape index (κ2) is 6.02. The summed E-state index contributed by atoms with van der Waals surface area (Å²) in [5, 5.41) is 0. The number of hydrogen-bond acceptors (Lipinski definition) is 3. The summed E-state index contributed by atoms with van der Waals surface area (Å²) >= 11 is 0. The Labute approximate surface area is 86.6 Å². The highest BCUT2D eigenvalue weighted by atomic mass is 16.5. The minimum absolute atomic E-state index is 0.113. The third kappa shape index (κ3) is 4.10. The van der Waals surface area contributed by atoms with Crippen LogP contribution in [0.3, 0.4) is 0 Å². The predicted octanol–water partition coefficient (Wildman–Crippen LogP) is 0.305. The first kappa shape index (κ1) is 11.5. The second-order valence-electron chi connectivity index (χ2n) is 3.93. The Bertz CT molecular complexity index is 192. The maximum Gasteiger partial charge on any atom is 0.0820 e. The van der Waals surface area contributed by atoms with E-state index in [2.05, 4.69) is 10.8 Å². The van der Waals surface area contributed by atoms with Crippen LogP contribution in [-0.4, -0.2) is 44.3 Å². The number of hydrogen-bond donors (Lipinski definition) is 1. The molecule has 3 heteroatoms. The third-order valence-electron chi connectivity index (χ3n) is 2.59. The first-order valence-electron chi connectivity index (χ1n) is 5.18. The van der Waals surface area contributed by atoms with Gasteiger partial charge in [-0.15, -0.1) is 6.42 Å². The molecule has 1 saturated carbocycles. The first-order valence-corrected chi connectivity index (χ1v) is 5.18. The van der Waals surface area contributed by atoms with Crippen LogP contribution < -0.4 is 5.73 Å². The minimum atomic E-state index is 0.113. The van der Waals surface area contributed by atoms with Crippen molar-refractivity contribution in [1.29, 1.82) is 0 Å². The summed E-state index contributed by atoms with van der Waals surface area (Å²) in [5.41, 5.74) is 5.57. The standard InChI is InChI=1S/C11H20N2O/c1-3-6-13(8-10-4-5-10)9-11(7-12)14-2/h1,10-11H,4-9,12H2,2H3. The van der Waals surface area contributed by atoms with Crippen LogP contribution in [0.2, 0.25) is 0 Å². The molecule has 0 aliphatic heterocycles. The van der Waals surface area contributed by atoms with Gasteiger partial charge in [-0.1, -0.05) is 5.92 Å². The fourth-order valence-electron chi connectivity index (χ4n) is 1.53. The Kier molecular flexibility index (Phi) is 4.95. The van der Waals surface area contributed by atoms with Crippen molar-refractivity contribution in [3.63, 3.8) is 0 Å². The second-order valence-corrected chi connectivity index (χ2v) is 3.93. The van der Waals surface area contributed by atoms with Gasteiger partial charge in [0.05, 0.1) is 12.6 Å². The third-order valence-corrected chi connectivity index (χ3v) is 2.59. The predicted molar refractivity (Wildman–Crippen MR) is 57.8 cm³/mol. The van der Waals surface area contributed by atoms with Gasteiger partial charge in [0, 0.05) is 26.7 Å². The zero-order chi connectivity index (χ0) is 10.4. The smallest absolute Gasteiger partial charge is 0.0820 e. The molecule has 0 aromatic heterocycles. The van der Waals surface area contributed by atoms with Crippen molar-refractivity contribution in [2.45, 2.75) is 18.9 Å². The molecule has 0 heterocycles. The van der Waals surface area contributed by atoms with Crippen molar-refractivity contribution < 1.29 is 4.74 Å². The van der Waals surface area contributed by atoms with E-state index in [1.165, 1.54) is 12.8 Å². The Morgan fingerprint density at radius 2 is 2.36 bits per heavy atom. The highest BCUT2D eigenvalue weighted by Gasteiger charge is 2.24. The SMILES string of the molecule is C#CCN(CC1CC1)CC(CN)OC. The molecule has 1 rings (SSSR count). The van der Waals surface area contributed by atoms with Crippen molar-refractivity contribution in [2.24, 2.45) is 11.7 Å². The van der Waals surface area contributed by atoms with Crippen LogP contribution in [0, 0.1) is 18.3 Å². The van der Waals surface area contributed by atoms with Crippen molar-refractivity contribution in [2.75, 3.05) is 33.3 Å². The highest BCUT2D eigenvalue weighted by molar-refractivity contribution is 4.90. The maximum atomic E-state index is 5.57. The Hall–Kier alpha value is -0.560. The van der Waals surface area contributed by atoms with E-state index in [0.29, 0.717) is 13.1 Å². The van der Waals surface area contributed by atoms with Crippen LogP contribution in [0.15, 0.2) is 0 Å². The number of nitrogens with two attached hydrogens (primary N) is 1. The number of methoxy groups -OCH3 is 1. The molecular formula is C11H20N2O. The molecule has 1 unspecified atom stereocenters. The number of terminal acetylenes is 1. The summed E-state index contributed by atoms with van der Waals surface area (Å²) in [6.45, 7) is 3.22. The topological polar surface area (TPSA) is 38.5 Å². The minimum Gasteiger partial charge on any atom is -0.379 e. The van der Waals surface area contributed by atoms with E-state index >= 15 is 0 Å². The van der Waals surface area contributed by atoms with Gasteiger partial charge >= 0.3 is 0 Å². The van der Waals surface area contributed by atoms with E-state index in [1.807, 2.05) is 0 Å². The monoisotopic (exact) mass is 196 g/mol. The van der Waals surface area contributed by atoms with Crippen molar-refractivity contribution in [3.8, 4) is 12.3 Å². The zero-order valence-electron chi connectivity index (χ0n) is 8.91. The molecule has 1 fully saturated rings. The van der Waals surface area contributed by atoms with Crippen LogP contribution in [0.25, 0.3) is 0 Å². The van der Waals surface area contributed by atoms with Crippen LogP contribution in [-0.2, 0) is 4.74 Å². The molecule has 0 amide bonds. The van der Waals surface area contributed by atoms with Crippen LogP contribution in [0.5, 0.6) is 0 Å². The van der Waals surface area contributed by atoms with E-state index in [1.54, 1.807) is 7.11 Å². The molecule has 0 bridgehead atoms. The van der Waals surface area contributed by atoms with E-state index < -0.39 is 0 Å². The Balaban J connectivity index is 2.28. The van der Waals surface area contributed by atoms with Crippen molar-refractivity contribution in [1.82, 2.24) is 4.90 Å². The number of ether oxygens (including phenoxy) is 1. The summed E-state index contributed by atoms with van der Waals surface area (Å²) < 4.78 is 5.24. The number of nitrogens with zero attached hydrogens (tertiary/aromatic N) is 1. The summed E-state index contributed by atoms with van der Waals surface area (Å²) in [6, 6.07) is 0. The van der Waals surface area contributed by atoms with Gasteiger partial charge in [-0.25, -0.2) is 0 Å². The summed E-state index contributed by atoms with van der Waals surface area (Å²) in [5.74, 6) is 3.54. The molecule has 1 aliphatic carbocycles. The molecule has 0 spiro atoms. The Morgan fingerprint density at radius 1 is 1.64 bits per heavy atom. The van der Waals surface area contributed by atoms with Gasteiger partial charge in [-0.3, -0.25) is 4.90 Å². The van der Waals surface area contributed by atoms with Gasteiger partial charge in [0.25, 0.3) is 0 Å². The molecule has 1 aliphatic rings. The van der Waals surface area contributed by atoms with Gasteiger partial charge in [0.2, 0.25) is 0 Å². The van der Waals surface area contributed by atoms with E-state index in [-0.39, 0.29) is 6.10 Å². The van der Waals surface area contributed by atoms with Gasteiger partial charge < -0.3 is 10.5 Å². The van der Waals surface area contributed by atoms with Gasteiger partial charge in [-0.2, -0.15) is 0 Å². The summed E-state index contributed by atoms with van der Waals surface area (Å²) in [7, 11) is 1.70. The molecule has 14 heavy (non-hydrogen) atoms. The van der Waals surface area contributed by atoms with Gasteiger partial charge in [0.15, 0.2) is 0 Å². The van der Waals surface area contributed by atoms with Crippen LogP contribution in [0.1, 0.15) is 12.8 Å². The molecule has 2 N–H and O–H groups in total. The van der Waals surface area contributed by atoms with Crippen molar-refractivity contribution in [3.05, 3.63) is 0 Å². The van der Waals surface area contributed by atoms with Gasteiger partial charge in [-0.05, 0) is 18.8 Å². The lowest BCUT2D eigenvalue weighted by Gasteiger charge is -2.24. The van der Waals surface area contributed by atoms with E-state index in [9.17, 15) is 0 Å². The maximum absolute atomic E-state index is 5.57. The van der Waals surface area contributed by atoms with Gasteiger partial charge in [0.1, 0.15) is 0 Å². The molecule has 0 radical (unpaired) electrons. The lowest BCUT2D eigenvalue weighted by atomic mass is 10.3. The zero-order valence-corrected chi connectivity index (χ0v) is 8.91. The van der Waals surface area contributed by atoms with Crippen molar-refractivity contribution >= 4 is 0 Å². The molecular weight excluding hydrogens is 176 g/mol. The lowest BCUT2D eigenvalue weighted by molar-refractivity contribution is 0.0728. The molecule has 3 nitrogen and oxygen atoms in total. The Morgan fingerprint density at radius 3 is 2.79 bits per heavy atom. The molecule has 0 aromatic carbocycles. The number of rotatable bonds is 7. The average molecular weight is 196 g/mol. The quantitative estimate of drug-likeness (QED) is 0.595. The van der Waals surface area contributed by atoms with Crippen LogP contribution in [0.4, 0.5) is 0 Å². The van der Waals surface area contributed by atoms with Crippen LogP contribution >= 0.6 is 0 Å². The molecule has 1 atom stereocenters. The molecule has 0 aromatic rings. The molecule has 80 valence electrons. The highest BCUT2D eigenvalue weighted by Crippen LogP contribution is 2.29. The summed E-state index contributed by atoms with van der Waals surface area (Å²) in [4.78, 5) is 2.26. The lowest BCUT2D eigenvalue weighted by Crippen LogP contribution is -2.39. The first-order chi connectivity index (χ1) is 6.80. The van der Waals surface area contributed by atoms with E-state index in [0.717, 1.165) is 19.0 Å². The fraction of sp³-hybridized carbons (Fsp3) is 0.818. The largest absolute Gasteiger partial charge is 0.379 e. The normalized spacial score (nSPS) is 18.1. The molecule has 0 saturated heterocycles.